The Kier molecular flexibility index (Phi) is 10.2. The molecule has 6 aliphatic rings. The van der Waals surface area contributed by atoms with Crippen molar-refractivity contribution in [2.24, 2.45) is 44.8 Å². The van der Waals surface area contributed by atoms with Crippen LogP contribution < -0.4 is 10.0 Å². The van der Waals surface area contributed by atoms with Gasteiger partial charge in [-0.3, -0.25) is 33.7 Å². The van der Waals surface area contributed by atoms with Crippen molar-refractivity contribution in [1.82, 2.24) is 24.9 Å². The SMILES string of the molecule is CC[C@@H]1C[C@]1(CC(=O)[C@@H]1C[C@@]2(CN1C(=O)[C@@H](CC(=O)[C@@H](NC(=O)c1cnccn1)C1CCCCC1)C(C)(C)C)C(C)(C)C21CCC1)C(=O)NS(=O)(=O)C1CC1. The maximum atomic E-state index is 15.2. The van der Waals surface area contributed by atoms with Crippen LogP contribution in [0, 0.1) is 44.8 Å². The zero-order chi connectivity index (χ0) is 39.8. The minimum atomic E-state index is -3.79. The van der Waals surface area contributed by atoms with E-state index >= 15 is 4.79 Å². The molecule has 302 valence electrons. The van der Waals surface area contributed by atoms with E-state index in [1.54, 1.807) is 4.90 Å². The molecule has 0 bridgehead atoms. The van der Waals surface area contributed by atoms with Gasteiger partial charge in [-0.15, -0.1) is 0 Å². The standard InChI is InChI=1S/C42H61N5O7S/c1-7-27-21-40(27,37(52)46-55(53,54)28-14-15-28)23-33(49)31-22-42(39(5,6)41(42)16-11-17-41)25-47(31)36(51)29(38(2,3)4)20-32(48)34(26-12-9-8-10-13-26)45-35(50)30-24-43-18-19-44-30/h18-19,24,26-29,31,34H,7-17,20-23,25H2,1-6H3,(H,45,50)(H,46,52)/t27-,29-,31+,34+,40-,42-/m1/s1. The van der Waals surface area contributed by atoms with Gasteiger partial charge in [0.15, 0.2) is 11.6 Å². The average Bonchev–Trinajstić information content (AvgIpc) is 4.07. The molecule has 2 N–H and O–H groups in total. The first-order valence-corrected chi connectivity index (χ1v) is 22.4. The predicted molar refractivity (Wildman–Crippen MR) is 206 cm³/mol. The molecule has 12 nitrogen and oxygen atoms in total. The molecule has 3 amide bonds. The zero-order valence-electron chi connectivity index (χ0n) is 33.6. The number of fused-ring (bicyclic) bond motifs is 1. The molecule has 6 fully saturated rings. The molecule has 55 heavy (non-hydrogen) atoms. The average molecular weight is 780 g/mol. The third kappa shape index (κ3) is 6.75. The number of sulfonamides is 1. The molecular weight excluding hydrogens is 719 g/mol. The number of hydrogen-bond acceptors (Lipinski definition) is 9. The highest BCUT2D eigenvalue weighted by atomic mass is 32.2. The highest BCUT2D eigenvalue weighted by Crippen LogP contribution is 2.88. The lowest BCUT2D eigenvalue weighted by Crippen LogP contribution is -2.51. The second-order valence-corrected chi connectivity index (χ2v) is 21.6. The van der Waals surface area contributed by atoms with E-state index in [0.717, 1.165) is 51.4 Å². The minimum Gasteiger partial charge on any atom is -0.341 e. The van der Waals surface area contributed by atoms with Gasteiger partial charge in [0.25, 0.3) is 5.91 Å². The Morgan fingerprint density at radius 3 is 2.16 bits per heavy atom. The Labute approximate surface area is 326 Å². The van der Waals surface area contributed by atoms with Crippen molar-refractivity contribution >= 4 is 39.3 Å². The number of ketones is 2. The largest absolute Gasteiger partial charge is 0.341 e. The number of carbonyl (C=O) groups excluding carboxylic acids is 5. The number of nitrogens with zero attached hydrogens (tertiary/aromatic N) is 3. The first kappa shape index (κ1) is 40.0. The van der Waals surface area contributed by atoms with E-state index in [4.69, 9.17) is 0 Å². The van der Waals surface area contributed by atoms with Gasteiger partial charge in [-0.05, 0) is 79.4 Å². The number of carbonyl (C=O) groups is 5. The van der Waals surface area contributed by atoms with Crippen molar-refractivity contribution in [2.45, 2.75) is 155 Å². The molecule has 1 aromatic rings. The summed E-state index contributed by atoms with van der Waals surface area (Å²) in [5.41, 5.74) is -1.95. The second kappa shape index (κ2) is 14.0. The van der Waals surface area contributed by atoms with Crippen molar-refractivity contribution < 1.29 is 32.4 Å². The third-order valence-electron chi connectivity index (χ3n) is 15.6. The van der Waals surface area contributed by atoms with Gasteiger partial charge >= 0.3 is 0 Å². The highest BCUT2D eigenvalue weighted by Gasteiger charge is 2.85. The van der Waals surface area contributed by atoms with Crippen molar-refractivity contribution in [3.8, 4) is 0 Å². The van der Waals surface area contributed by atoms with Crippen LogP contribution in [-0.2, 0) is 29.2 Å². The summed E-state index contributed by atoms with van der Waals surface area (Å²) in [4.78, 5) is 81.5. The van der Waals surface area contributed by atoms with E-state index in [-0.39, 0.29) is 64.1 Å². The van der Waals surface area contributed by atoms with Crippen LogP contribution in [0.25, 0.3) is 0 Å². The zero-order valence-corrected chi connectivity index (χ0v) is 34.4. The molecule has 1 saturated heterocycles. The smallest absolute Gasteiger partial charge is 0.272 e. The Bertz CT molecular complexity index is 1830. The Morgan fingerprint density at radius 2 is 1.64 bits per heavy atom. The maximum absolute atomic E-state index is 15.2. The van der Waals surface area contributed by atoms with Crippen LogP contribution in [0.3, 0.4) is 0 Å². The number of Topliss-reactive ketones (excluding diaryl/α,β-unsaturated/α-hetero) is 2. The van der Waals surface area contributed by atoms with Crippen LogP contribution in [0.2, 0.25) is 0 Å². The van der Waals surface area contributed by atoms with E-state index in [0.29, 0.717) is 38.6 Å². The number of amides is 3. The van der Waals surface area contributed by atoms with Crippen LogP contribution >= 0.6 is 0 Å². The first-order chi connectivity index (χ1) is 25.8. The van der Waals surface area contributed by atoms with Gasteiger partial charge in [0.05, 0.1) is 28.9 Å². The van der Waals surface area contributed by atoms with Crippen molar-refractivity contribution in [3.05, 3.63) is 24.3 Å². The van der Waals surface area contributed by atoms with E-state index < -0.39 is 55.9 Å². The van der Waals surface area contributed by atoms with Crippen molar-refractivity contribution in [1.29, 1.82) is 0 Å². The summed E-state index contributed by atoms with van der Waals surface area (Å²) in [6.45, 7) is 12.7. The van der Waals surface area contributed by atoms with Gasteiger partial charge in [-0.25, -0.2) is 13.4 Å². The van der Waals surface area contributed by atoms with Crippen LogP contribution in [-0.4, -0.2) is 76.5 Å². The van der Waals surface area contributed by atoms with Crippen molar-refractivity contribution in [2.75, 3.05) is 6.54 Å². The molecule has 2 spiro atoms. The molecule has 5 aliphatic carbocycles. The lowest BCUT2D eigenvalue weighted by molar-refractivity contribution is -0.146. The summed E-state index contributed by atoms with van der Waals surface area (Å²) < 4.78 is 28.0. The monoisotopic (exact) mass is 779 g/mol. The number of hydrogen-bond donors (Lipinski definition) is 2. The number of rotatable bonds is 14. The van der Waals surface area contributed by atoms with Crippen LogP contribution in [0.4, 0.5) is 0 Å². The normalized spacial score (nSPS) is 30.6. The van der Waals surface area contributed by atoms with Crippen molar-refractivity contribution in [3.63, 3.8) is 0 Å². The van der Waals surface area contributed by atoms with Crippen LogP contribution in [0.15, 0.2) is 18.6 Å². The summed E-state index contributed by atoms with van der Waals surface area (Å²) in [6, 6.07) is -1.57. The third-order valence-corrected chi connectivity index (χ3v) is 17.4. The molecule has 0 aromatic carbocycles. The van der Waals surface area contributed by atoms with Gasteiger partial charge in [0.2, 0.25) is 21.8 Å². The second-order valence-electron chi connectivity index (χ2n) is 19.6. The predicted octanol–water partition coefficient (Wildman–Crippen LogP) is 5.56. The number of aromatic nitrogens is 2. The lowest BCUT2D eigenvalue weighted by atomic mass is 9.73. The first-order valence-electron chi connectivity index (χ1n) is 20.8. The lowest BCUT2D eigenvalue weighted by Gasteiger charge is -2.37. The van der Waals surface area contributed by atoms with E-state index in [1.807, 2.05) is 27.7 Å². The summed E-state index contributed by atoms with van der Waals surface area (Å²) in [5.74, 6) is -2.66. The fourth-order valence-corrected chi connectivity index (χ4v) is 13.0. The van der Waals surface area contributed by atoms with Crippen LogP contribution in [0.5, 0.6) is 0 Å². The van der Waals surface area contributed by atoms with Gasteiger partial charge in [0, 0.05) is 43.1 Å². The molecular formula is C42H61N5O7S. The molecule has 2 heterocycles. The van der Waals surface area contributed by atoms with E-state index in [9.17, 15) is 27.6 Å². The quantitative estimate of drug-likeness (QED) is 0.245. The summed E-state index contributed by atoms with van der Waals surface area (Å²) in [6.07, 6.45) is 14.5. The van der Waals surface area contributed by atoms with Gasteiger partial charge in [-0.1, -0.05) is 73.6 Å². The van der Waals surface area contributed by atoms with Gasteiger partial charge in [0.1, 0.15) is 5.69 Å². The molecule has 1 aliphatic heterocycles. The Morgan fingerprint density at radius 1 is 0.945 bits per heavy atom. The highest BCUT2D eigenvalue weighted by molar-refractivity contribution is 7.90. The molecule has 7 rings (SSSR count). The summed E-state index contributed by atoms with van der Waals surface area (Å²) in [7, 11) is -3.79. The molecule has 6 atom stereocenters. The fourth-order valence-electron chi connectivity index (χ4n) is 11.6. The summed E-state index contributed by atoms with van der Waals surface area (Å²) in [5, 5.41) is 2.43. The fraction of sp³-hybridized carbons (Fsp3) is 0.786. The topological polar surface area (TPSA) is 173 Å². The van der Waals surface area contributed by atoms with Gasteiger partial charge in [-0.2, -0.15) is 0 Å². The Balaban J connectivity index is 1.16. The molecule has 1 aromatic heterocycles. The van der Waals surface area contributed by atoms with E-state index in [2.05, 4.69) is 33.9 Å². The maximum Gasteiger partial charge on any atom is 0.272 e. The molecule has 5 saturated carbocycles. The number of likely N-dealkylation sites (tertiary alicyclic amines) is 1. The number of nitrogens with one attached hydrogen (secondary N) is 2. The van der Waals surface area contributed by atoms with E-state index in [1.165, 1.54) is 18.6 Å². The minimum absolute atomic E-state index is 0.0379. The summed E-state index contributed by atoms with van der Waals surface area (Å²) >= 11 is 0. The van der Waals surface area contributed by atoms with Gasteiger partial charge < -0.3 is 10.2 Å². The Hall–Kier alpha value is -3.22. The van der Waals surface area contributed by atoms with Crippen LogP contribution in [0.1, 0.15) is 148 Å². The molecule has 13 heteroatoms. The molecule has 0 unspecified atom stereocenters. The molecule has 0 radical (unpaired) electrons.